The molecule has 0 aliphatic rings. The molecule has 1 aromatic rings. The summed E-state index contributed by atoms with van der Waals surface area (Å²) in [5.41, 5.74) is 1.42. The van der Waals surface area contributed by atoms with E-state index in [1.54, 1.807) is 0 Å². The molecule has 1 N–H and O–H groups in total. The maximum absolute atomic E-state index is 3.43. The molecule has 0 amide bonds. The lowest BCUT2D eigenvalue weighted by molar-refractivity contribution is 0.672. The highest BCUT2D eigenvalue weighted by Crippen LogP contribution is 2.11. The highest BCUT2D eigenvalue weighted by atomic mass is 79.9. The van der Waals surface area contributed by atoms with Crippen molar-refractivity contribution in [3.63, 3.8) is 0 Å². The fourth-order valence-corrected chi connectivity index (χ4v) is 1.51. The van der Waals surface area contributed by atoms with E-state index in [9.17, 15) is 0 Å². The molecule has 0 unspecified atom stereocenters. The Morgan fingerprint density at radius 2 is 1.92 bits per heavy atom. The number of halogens is 1. The molecule has 0 aliphatic heterocycles. The Kier molecular flexibility index (Phi) is 5.09. The second kappa shape index (κ2) is 6.17. The van der Waals surface area contributed by atoms with E-state index in [0.717, 1.165) is 17.6 Å². The van der Waals surface area contributed by atoms with Crippen molar-refractivity contribution in [2.75, 3.05) is 13.1 Å². The van der Waals surface area contributed by atoms with Crippen LogP contribution in [0.25, 0.3) is 0 Å². The van der Waals surface area contributed by atoms with Crippen LogP contribution in [0.5, 0.6) is 0 Å². The van der Waals surface area contributed by atoms with Crippen molar-refractivity contribution in [2.45, 2.75) is 19.8 Å². The first kappa shape index (κ1) is 10.7. The molecule has 0 fully saturated rings. The van der Waals surface area contributed by atoms with Crippen molar-refractivity contribution in [1.29, 1.82) is 0 Å². The van der Waals surface area contributed by atoms with Crippen LogP contribution >= 0.6 is 15.9 Å². The van der Waals surface area contributed by atoms with Crippen molar-refractivity contribution >= 4 is 15.9 Å². The maximum Gasteiger partial charge on any atom is 0.0175 e. The first-order chi connectivity index (χ1) is 6.33. The quantitative estimate of drug-likeness (QED) is 0.782. The zero-order valence-corrected chi connectivity index (χ0v) is 9.60. The number of nitrogens with one attached hydrogen (secondary N) is 1. The van der Waals surface area contributed by atoms with E-state index in [0.29, 0.717) is 0 Å². The van der Waals surface area contributed by atoms with E-state index in [-0.39, 0.29) is 0 Å². The van der Waals surface area contributed by atoms with Gasteiger partial charge in [-0.05, 0) is 43.6 Å². The summed E-state index contributed by atoms with van der Waals surface area (Å²) in [6.45, 7) is 4.33. The molecule has 0 saturated heterocycles. The van der Waals surface area contributed by atoms with Crippen molar-refractivity contribution in [3.8, 4) is 0 Å². The van der Waals surface area contributed by atoms with Gasteiger partial charge in [-0.3, -0.25) is 0 Å². The molecular formula is C11H16BrN. The Bertz CT molecular complexity index is 230. The second-order valence-electron chi connectivity index (χ2n) is 3.08. The molecule has 0 aliphatic carbocycles. The smallest absolute Gasteiger partial charge is 0.0175 e. The first-order valence-corrected chi connectivity index (χ1v) is 5.57. The molecule has 0 spiro atoms. The number of hydrogen-bond acceptors (Lipinski definition) is 1. The minimum Gasteiger partial charge on any atom is -0.317 e. The third kappa shape index (κ3) is 4.44. The molecule has 0 saturated carbocycles. The normalized spacial score (nSPS) is 10.3. The molecule has 72 valence electrons. The molecular weight excluding hydrogens is 226 g/mol. The molecule has 0 heterocycles. The van der Waals surface area contributed by atoms with Crippen LogP contribution < -0.4 is 5.32 Å². The lowest BCUT2D eigenvalue weighted by Gasteiger charge is -2.02. The molecule has 13 heavy (non-hydrogen) atoms. The van der Waals surface area contributed by atoms with E-state index >= 15 is 0 Å². The van der Waals surface area contributed by atoms with Gasteiger partial charge in [-0.25, -0.2) is 0 Å². The van der Waals surface area contributed by atoms with Crippen LogP contribution in [0.2, 0.25) is 0 Å². The van der Waals surface area contributed by atoms with Gasteiger partial charge in [0.15, 0.2) is 0 Å². The van der Waals surface area contributed by atoms with Gasteiger partial charge in [-0.15, -0.1) is 0 Å². The SMILES string of the molecule is CCNCCCc1ccc(Br)cc1. The average Bonchev–Trinajstić information content (AvgIpc) is 2.15. The predicted molar refractivity (Wildman–Crippen MR) is 61.0 cm³/mol. The Hall–Kier alpha value is -0.340. The van der Waals surface area contributed by atoms with Gasteiger partial charge in [-0.2, -0.15) is 0 Å². The molecule has 0 atom stereocenters. The Morgan fingerprint density at radius 1 is 1.23 bits per heavy atom. The number of hydrogen-bond donors (Lipinski definition) is 1. The zero-order chi connectivity index (χ0) is 9.52. The fourth-order valence-electron chi connectivity index (χ4n) is 1.25. The second-order valence-corrected chi connectivity index (χ2v) is 4.00. The minimum absolute atomic E-state index is 1.07. The monoisotopic (exact) mass is 241 g/mol. The van der Waals surface area contributed by atoms with Crippen molar-refractivity contribution < 1.29 is 0 Å². The average molecular weight is 242 g/mol. The maximum atomic E-state index is 3.43. The summed E-state index contributed by atoms with van der Waals surface area (Å²) in [5.74, 6) is 0. The van der Waals surface area contributed by atoms with Crippen LogP contribution in [0.4, 0.5) is 0 Å². The molecule has 1 nitrogen and oxygen atoms in total. The van der Waals surface area contributed by atoms with E-state index in [4.69, 9.17) is 0 Å². The van der Waals surface area contributed by atoms with Crippen molar-refractivity contribution in [3.05, 3.63) is 34.3 Å². The first-order valence-electron chi connectivity index (χ1n) is 4.78. The lowest BCUT2D eigenvalue weighted by Crippen LogP contribution is -2.14. The molecule has 1 rings (SSSR count). The standard InChI is InChI=1S/C11H16BrN/c1-2-13-9-3-4-10-5-7-11(12)8-6-10/h5-8,13H,2-4,9H2,1H3. The van der Waals surface area contributed by atoms with Gasteiger partial charge in [0.25, 0.3) is 0 Å². The highest BCUT2D eigenvalue weighted by molar-refractivity contribution is 9.10. The van der Waals surface area contributed by atoms with Crippen LogP contribution in [0.1, 0.15) is 18.9 Å². The van der Waals surface area contributed by atoms with Gasteiger partial charge < -0.3 is 5.32 Å². The lowest BCUT2D eigenvalue weighted by atomic mass is 10.1. The van der Waals surface area contributed by atoms with E-state index in [1.165, 1.54) is 18.4 Å². The fraction of sp³-hybridized carbons (Fsp3) is 0.455. The van der Waals surface area contributed by atoms with E-state index < -0.39 is 0 Å². The molecule has 1 aromatic carbocycles. The summed E-state index contributed by atoms with van der Waals surface area (Å²) < 4.78 is 1.16. The zero-order valence-electron chi connectivity index (χ0n) is 8.02. The van der Waals surface area contributed by atoms with Gasteiger partial charge in [-0.1, -0.05) is 35.0 Å². The molecule has 0 aromatic heterocycles. The Labute approximate surface area is 88.7 Å². The van der Waals surface area contributed by atoms with Gasteiger partial charge in [0.05, 0.1) is 0 Å². The Morgan fingerprint density at radius 3 is 2.54 bits per heavy atom. The van der Waals surface area contributed by atoms with Gasteiger partial charge >= 0.3 is 0 Å². The topological polar surface area (TPSA) is 12.0 Å². The number of benzene rings is 1. The third-order valence-electron chi connectivity index (χ3n) is 1.98. The van der Waals surface area contributed by atoms with E-state index in [1.807, 2.05) is 0 Å². The minimum atomic E-state index is 1.07. The molecule has 0 radical (unpaired) electrons. The number of aryl methyl sites for hydroxylation is 1. The highest BCUT2D eigenvalue weighted by Gasteiger charge is 1.92. The van der Waals surface area contributed by atoms with Crippen molar-refractivity contribution in [1.82, 2.24) is 5.32 Å². The summed E-state index contributed by atoms with van der Waals surface area (Å²) in [7, 11) is 0. The van der Waals surface area contributed by atoms with Crippen LogP contribution in [-0.2, 0) is 6.42 Å². The summed E-state index contributed by atoms with van der Waals surface area (Å²) in [5, 5.41) is 3.32. The van der Waals surface area contributed by atoms with Gasteiger partial charge in [0.1, 0.15) is 0 Å². The van der Waals surface area contributed by atoms with Gasteiger partial charge in [0.2, 0.25) is 0 Å². The predicted octanol–water partition coefficient (Wildman–Crippen LogP) is 2.99. The summed E-state index contributed by atoms with van der Waals surface area (Å²) in [4.78, 5) is 0. The Balaban J connectivity index is 2.25. The van der Waals surface area contributed by atoms with Crippen LogP contribution in [0, 0.1) is 0 Å². The van der Waals surface area contributed by atoms with Crippen LogP contribution in [0.3, 0.4) is 0 Å². The summed E-state index contributed by atoms with van der Waals surface area (Å²) >= 11 is 3.43. The summed E-state index contributed by atoms with van der Waals surface area (Å²) in [6.07, 6.45) is 2.38. The van der Waals surface area contributed by atoms with Crippen LogP contribution in [0.15, 0.2) is 28.7 Å². The van der Waals surface area contributed by atoms with Crippen molar-refractivity contribution in [2.24, 2.45) is 0 Å². The largest absolute Gasteiger partial charge is 0.317 e. The molecule has 0 bridgehead atoms. The summed E-state index contributed by atoms with van der Waals surface area (Å²) in [6, 6.07) is 8.55. The van der Waals surface area contributed by atoms with Crippen LogP contribution in [-0.4, -0.2) is 13.1 Å². The number of rotatable bonds is 5. The van der Waals surface area contributed by atoms with Gasteiger partial charge in [0, 0.05) is 4.47 Å². The third-order valence-corrected chi connectivity index (χ3v) is 2.51. The van der Waals surface area contributed by atoms with E-state index in [2.05, 4.69) is 52.4 Å². The molecule has 2 heteroatoms.